The van der Waals surface area contributed by atoms with E-state index in [1.807, 2.05) is 0 Å². The first kappa shape index (κ1) is 14.0. The molecule has 2 nitrogen and oxygen atoms in total. The fraction of sp³-hybridized carbons (Fsp3) is 1.00. The van der Waals surface area contributed by atoms with Crippen molar-refractivity contribution in [3.63, 3.8) is 0 Å². The molecule has 1 aliphatic rings. The Morgan fingerprint density at radius 1 is 1.25 bits per heavy atom. The maximum absolute atomic E-state index is 3.75. The summed E-state index contributed by atoms with van der Waals surface area (Å²) in [4.78, 5) is 2.53. The van der Waals surface area contributed by atoms with Crippen LogP contribution in [0.5, 0.6) is 0 Å². The zero-order valence-corrected chi connectivity index (χ0v) is 11.6. The van der Waals surface area contributed by atoms with Crippen molar-refractivity contribution in [2.75, 3.05) is 19.6 Å². The summed E-state index contributed by atoms with van der Waals surface area (Å²) in [5.41, 5.74) is 0. The van der Waals surface area contributed by atoms with Crippen molar-refractivity contribution in [2.45, 2.75) is 65.5 Å². The summed E-state index contributed by atoms with van der Waals surface area (Å²) in [6.07, 6.45) is 5.66. The minimum Gasteiger partial charge on any atom is -0.312 e. The molecule has 0 bridgehead atoms. The number of likely N-dealkylation sites (N-methyl/N-ethyl adjacent to an activating group) is 1. The monoisotopic (exact) mass is 226 g/mol. The van der Waals surface area contributed by atoms with Crippen molar-refractivity contribution in [3.05, 3.63) is 0 Å². The van der Waals surface area contributed by atoms with Crippen molar-refractivity contribution in [1.29, 1.82) is 0 Å². The van der Waals surface area contributed by atoms with Crippen LogP contribution in [0.2, 0.25) is 0 Å². The van der Waals surface area contributed by atoms with Gasteiger partial charge in [0.15, 0.2) is 0 Å². The van der Waals surface area contributed by atoms with E-state index >= 15 is 0 Å². The van der Waals surface area contributed by atoms with E-state index in [1.54, 1.807) is 0 Å². The van der Waals surface area contributed by atoms with Crippen molar-refractivity contribution >= 4 is 0 Å². The predicted octanol–water partition coefficient (Wildman–Crippen LogP) is 2.89. The van der Waals surface area contributed by atoms with E-state index in [9.17, 15) is 0 Å². The molecule has 16 heavy (non-hydrogen) atoms. The third kappa shape index (κ3) is 4.42. The first-order chi connectivity index (χ1) is 7.65. The maximum Gasteiger partial charge on any atom is 0.0110 e. The molecule has 0 aromatic rings. The van der Waals surface area contributed by atoms with Crippen LogP contribution in [0.3, 0.4) is 0 Å². The minimum absolute atomic E-state index is 0.676. The highest BCUT2D eigenvalue weighted by molar-refractivity contribution is 4.78. The normalized spacial score (nSPS) is 26.6. The second-order valence-corrected chi connectivity index (χ2v) is 5.54. The van der Waals surface area contributed by atoms with E-state index in [0.717, 1.165) is 18.5 Å². The maximum atomic E-state index is 3.75. The Bertz CT molecular complexity index is 180. The number of hydrogen-bond acceptors (Lipinski definition) is 2. The lowest BCUT2D eigenvalue weighted by Gasteiger charge is -2.31. The van der Waals surface area contributed by atoms with E-state index in [-0.39, 0.29) is 0 Å². The third-order valence-corrected chi connectivity index (χ3v) is 4.05. The smallest absolute Gasteiger partial charge is 0.0110 e. The van der Waals surface area contributed by atoms with E-state index in [1.165, 1.54) is 38.8 Å². The van der Waals surface area contributed by atoms with E-state index in [2.05, 4.69) is 37.9 Å². The lowest BCUT2D eigenvalue weighted by atomic mass is 9.86. The number of nitrogens with one attached hydrogen (secondary N) is 1. The van der Waals surface area contributed by atoms with E-state index in [0.29, 0.717) is 6.04 Å². The van der Waals surface area contributed by atoms with Crippen LogP contribution in [-0.2, 0) is 0 Å². The van der Waals surface area contributed by atoms with Crippen molar-refractivity contribution in [3.8, 4) is 0 Å². The largest absolute Gasteiger partial charge is 0.312 e. The van der Waals surface area contributed by atoms with Gasteiger partial charge < -0.3 is 5.32 Å². The Labute approximate surface area is 102 Å². The number of hydrogen-bond donors (Lipinski definition) is 1. The molecule has 0 radical (unpaired) electrons. The summed E-state index contributed by atoms with van der Waals surface area (Å²) < 4.78 is 0. The molecule has 1 fully saturated rings. The molecule has 2 unspecified atom stereocenters. The van der Waals surface area contributed by atoms with Crippen LogP contribution in [0.15, 0.2) is 0 Å². The van der Waals surface area contributed by atoms with Gasteiger partial charge in [-0.25, -0.2) is 0 Å². The highest BCUT2D eigenvalue weighted by Gasteiger charge is 2.20. The second kappa shape index (κ2) is 7.29. The number of nitrogens with zero attached hydrogens (tertiary/aromatic N) is 1. The van der Waals surface area contributed by atoms with Gasteiger partial charge in [0.2, 0.25) is 0 Å². The van der Waals surface area contributed by atoms with Crippen LogP contribution in [0.1, 0.15) is 53.4 Å². The zero-order chi connectivity index (χ0) is 12.0. The van der Waals surface area contributed by atoms with Gasteiger partial charge in [0.1, 0.15) is 0 Å². The summed E-state index contributed by atoms with van der Waals surface area (Å²) in [6.45, 7) is 12.7. The molecule has 2 heteroatoms. The predicted molar refractivity (Wildman–Crippen MR) is 71.8 cm³/mol. The number of rotatable bonds is 6. The van der Waals surface area contributed by atoms with Gasteiger partial charge in [-0.1, -0.05) is 26.7 Å². The van der Waals surface area contributed by atoms with Gasteiger partial charge in [-0.05, 0) is 39.2 Å². The van der Waals surface area contributed by atoms with Crippen LogP contribution in [0.25, 0.3) is 0 Å². The Kier molecular flexibility index (Phi) is 6.37. The van der Waals surface area contributed by atoms with Crippen molar-refractivity contribution in [2.24, 2.45) is 5.92 Å². The SMILES string of the molecule is CCN(CCNC1CCCCC1C)C(C)C. The molecule has 2 atom stereocenters. The fourth-order valence-corrected chi connectivity index (χ4v) is 2.79. The average molecular weight is 226 g/mol. The van der Waals surface area contributed by atoms with Gasteiger partial charge in [0.25, 0.3) is 0 Å². The zero-order valence-electron chi connectivity index (χ0n) is 11.6. The lowest BCUT2D eigenvalue weighted by Crippen LogP contribution is -2.43. The average Bonchev–Trinajstić information content (AvgIpc) is 2.26. The highest BCUT2D eigenvalue weighted by atomic mass is 15.2. The molecule has 0 spiro atoms. The summed E-state index contributed by atoms with van der Waals surface area (Å²) in [6, 6.07) is 1.45. The third-order valence-electron chi connectivity index (χ3n) is 4.05. The Morgan fingerprint density at radius 3 is 2.50 bits per heavy atom. The van der Waals surface area contributed by atoms with Gasteiger partial charge in [-0.3, -0.25) is 4.90 Å². The lowest BCUT2D eigenvalue weighted by molar-refractivity contribution is 0.215. The Balaban J connectivity index is 2.18. The molecule has 0 saturated heterocycles. The van der Waals surface area contributed by atoms with E-state index in [4.69, 9.17) is 0 Å². The molecular formula is C14H30N2. The van der Waals surface area contributed by atoms with E-state index < -0.39 is 0 Å². The first-order valence-electron chi connectivity index (χ1n) is 7.12. The summed E-state index contributed by atoms with van der Waals surface area (Å²) in [7, 11) is 0. The topological polar surface area (TPSA) is 15.3 Å². The van der Waals surface area contributed by atoms with Crippen LogP contribution >= 0.6 is 0 Å². The summed E-state index contributed by atoms with van der Waals surface area (Å²) in [5.74, 6) is 0.878. The quantitative estimate of drug-likeness (QED) is 0.749. The van der Waals surface area contributed by atoms with Crippen molar-refractivity contribution in [1.82, 2.24) is 10.2 Å². The molecule has 0 aromatic heterocycles. The standard InChI is InChI=1S/C14H30N2/c1-5-16(12(2)3)11-10-15-14-9-7-6-8-13(14)4/h12-15H,5-11H2,1-4H3. The van der Waals surface area contributed by atoms with Gasteiger partial charge in [0.05, 0.1) is 0 Å². The van der Waals surface area contributed by atoms with Crippen LogP contribution in [0, 0.1) is 5.92 Å². The molecule has 0 amide bonds. The Hall–Kier alpha value is -0.0800. The molecule has 1 rings (SSSR count). The molecule has 0 heterocycles. The van der Waals surface area contributed by atoms with Crippen LogP contribution in [0.4, 0.5) is 0 Å². The highest BCUT2D eigenvalue weighted by Crippen LogP contribution is 2.23. The summed E-state index contributed by atoms with van der Waals surface area (Å²) in [5, 5.41) is 3.75. The molecule has 1 aliphatic carbocycles. The minimum atomic E-state index is 0.676. The van der Waals surface area contributed by atoms with Crippen LogP contribution < -0.4 is 5.32 Å². The summed E-state index contributed by atoms with van der Waals surface area (Å²) >= 11 is 0. The molecule has 1 saturated carbocycles. The van der Waals surface area contributed by atoms with Gasteiger partial charge >= 0.3 is 0 Å². The van der Waals surface area contributed by atoms with Crippen molar-refractivity contribution < 1.29 is 0 Å². The second-order valence-electron chi connectivity index (χ2n) is 5.54. The first-order valence-corrected chi connectivity index (χ1v) is 7.12. The Morgan fingerprint density at radius 2 is 1.94 bits per heavy atom. The van der Waals surface area contributed by atoms with Crippen LogP contribution in [-0.4, -0.2) is 36.6 Å². The molecule has 0 aliphatic heterocycles. The van der Waals surface area contributed by atoms with Gasteiger partial charge in [-0.2, -0.15) is 0 Å². The van der Waals surface area contributed by atoms with Gasteiger partial charge in [0, 0.05) is 25.2 Å². The molecular weight excluding hydrogens is 196 g/mol. The fourth-order valence-electron chi connectivity index (χ4n) is 2.79. The molecule has 0 aromatic carbocycles. The molecule has 96 valence electrons. The van der Waals surface area contributed by atoms with Gasteiger partial charge in [-0.15, -0.1) is 0 Å². The molecule has 1 N–H and O–H groups in total.